The predicted octanol–water partition coefficient (Wildman–Crippen LogP) is 1.28. The minimum Gasteiger partial charge on any atom is -0.550 e. The SMILES string of the molecule is C=CCCCCCC[N+](CO)(CCCC(=O)[O-])CCCC(=O)O. The Hall–Kier alpha value is -1.40. The van der Waals surface area contributed by atoms with Gasteiger partial charge in [-0.1, -0.05) is 12.5 Å². The van der Waals surface area contributed by atoms with Gasteiger partial charge < -0.3 is 24.6 Å². The lowest BCUT2D eigenvalue weighted by Crippen LogP contribution is -2.51. The molecule has 1 atom stereocenters. The second kappa shape index (κ2) is 13.1. The van der Waals surface area contributed by atoms with Gasteiger partial charge in [-0.3, -0.25) is 4.79 Å². The maximum atomic E-state index is 10.7. The predicted molar refractivity (Wildman–Crippen MR) is 86.3 cm³/mol. The first-order valence-electron chi connectivity index (χ1n) is 8.44. The van der Waals surface area contributed by atoms with Gasteiger partial charge in [0.1, 0.15) is 0 Å². The Morgan fingerprint density at radius 2 is 1.52 bits per heavy atom. The van der Waals surface area contributed by atoms with Crippen molar-refractivity contribution in [3.8, 4) is 0 Å². The van der Waals surface area contributed by atoms with Crippen molar-refractivity contribution < 1.29 is 29.4 Å². The molecule has 0 aromatic rings. The zero-order chi connectivity index (χ0) is 17.6. The average Bonchev–Trinajstić information content (AvgIpc) is 2.49. The highest BCUT2D eigenvalue weighted by atomic mass is 16.4. The molecule has 6 heteroatoms. The number of aliphatic hydroxyl groups is 1. The largest absolute Gasteiger partial charge is 0.550 e. The zero-order valence-electron chi connectivity index (χ0n) is 14.0. The quantitative estimate of drug-likeness (QED) is 0.192. The summed E-state index contributed by atoms with van der Waals surface area (Å²) in [6.45, 7) is 5.45. The van der Waals surface area contributed by atoms with Crippen LogP contribution in [0.5, 0.6) is 0 Å². The number of aliphatic carboxylic acids is 2. The lowest BCUT2D eigenvalue weighted by atomic mass is 10.1. The topological polar surface area (TPSA) is 97.7 Å². The van der Waals surface area contributed by atoms with Gasteiger partial charge in [-0.05, 0) is 32.1 Å². The molecule has 0 saturated carbocycles. The highest BCUT2D eigenvalue weighted by molar-refractivity contribution is 5.66. The van der Waals surface area contributed by atoms with E-state index in [-0.39, 0.29) is 19.6 Å². The first-order valence-corrected chi connectivity index (χ1v) is 8.44. The van der Waals surface area contributed by atoms with E-state index in [0.29, 0.717) is 30.4 Å². The van der Waals surface area contributed by atoms with E-state index in [1.54, 1.807) is 0 Å². The van der Waals surface area contributed by atoms with E-state index in [2.05, 4.69) is 6.58 Å². The zero-order valence-corrected chi connectivity index (χ0v) is 14.0. The number of carboxylic acid groups (broad SMARTS) is 2. The molecule has 0 bridgehead atoms. The summed E-state index contributed by atoms with van der Waals surface area (Å²) in [5.74, 6) is -1.93. The molecule has 0 saturated heterocycles. The van der Waals surface area contributed by atoms with Gasteiger partial charge in [-0.25, -0.2) is 0 Å². The summed E-state index contributed by atoms with van der Waals surface area (Å²) in [5.41, 5.74) is 0. The van der Waals surface area contributed by atoms with E-state index in [1.807, 2.05) is 6.08 Å². The van der Waals surface area contributed by atoms with E-state index < -0.39 is 11.9 Å². The van der Waals surface area contributed by atoms with Crippen LogP contribution in [-0.4, -0.2) is 53.0 Å². The van der Waals surface area contributed by atoms with Gasteiger partial charge in [0.05, 0.1) is 26.1 Å². The second-order valence-corrected chi connectivity index (χ2v) is 6.12. The minimum atomic E-state index is -1.09. The van der Waals surface area contributed by atoms with Gasteiger partial charge in [0.15, 0.2) is 6.73 Å². The minimum absolute atomic E-state index is 0.0295. The number of carbonyl (C=O) groups is 2. The normalized spacial score (nSPS) is 13.4. The van der Waals surface area contributed by atoms with Crippen LogP contribution in [0, 0.1) is 0 Å². The summed E-state index contributed by atoms with van der Waals surface area (Å²) in [5, 5.41) is 29.1. The van der Waals surface area contributed by atoms with Gasteiger partial charge in [0, 0.05) is 18.8 Å². The number of unbranched alkanes of at least 4 members (excludes halogenated alkanes) is 4. The van der Waals surface area contributed by atoms with Crippen molar-refractivity contribution >= 4 is 11.9 Å². The third-order valence-corrected chi connectivity index (χ3v) is 4.13. The number of nitrogens with zero attached hydrogens (tertiary/aromatic N) is 1. The Balaban J connectivity index is 4.38. The van der Waals surface area contributed by atoms with E-state index >= 15 is 0 Å². The third-order valence-electron chi connectivity index (χ3n) is 4.13. The number of carboxylic acids is 2. The van der Waals surface area contributed by atoms with Gasteiger partial charge >= 0.3 is 5.97 Å². The van der Waals surface area contributed by atoms with Crippen molar-refractivity contribution in [2.75, 3.05) is 26.4 Å². The van der Waals surface area contributed by atoms with Crippen molar-refractivity contribution in [1.82, 2.24) is 0 Å². The Labute approximate surface area is 139 Å². The summed E-state index contributed by atoms with van der Waals surface area (Å²) in [4.78, 5) is 21.2. The van der Waals surface area contributed by atoms with Gasteiger partial charge in [0.2, 0.25) is 0 Å². The first-order chi connectivity index (χ1) is 11.0. The van der Waals surface area contributed by atoms with Crippen molar-refractivity contribution in [3.05, 3.63) is 12.7 Å². The molecule has 23 heavy (non-hydrogen) atoms. The molecule has 0 amide bonds. The summed E-state index contributed by atoms with van der Waals surface area (Å²) < 4.78 is 0.377. The Morgan fingerprint density at radius 1 is 0.957 bits per heavy atom. The number of aliphatic hydroxyl groups excluding tert-OH is 1. The maximum absolute atomic E-state index is 10.7. The molecule has 0 aromatic heterocycles. The molecule has 6 nitrogen and oxygen atoms in total. The van der Waals surface area contributed by atoms with Crippen LogP contribution < -0.4 is 5.11 Å². The average molecular weight is 329 g/mol. The number of carbonyl (C=O) groups excluding carboxylic acids is 1. The molecule has 0 aromatic carbocycles. The smallest absolute Gasteiger partial charge is 0.303 e. The highest BCUT2D eigenvalue weighted by Gasteiger charge is 2.25. The number of rotatable bonds is 16. The van der Waals surface area contributed by atoms with Crippen LogP contribution in [-0.2, 0) is 9.59 Å². The number of allylic oxidation sites excluding steroid dienone is 1. The molecule has 1 unspecified atom stereocenters. The van der Waals surface area contributed by atoms with Crippen molar-refractivity contribution in [2.45, 2.75) is 57.8 Å². The first kappa shape index (κ1) is 21.6. The fourth-order valence-electron chi connectivity index (χ4n) is 2.76. The highest BCUT2D eigenvalue weighted by Crippen LogP contribution is 2.15. The summed E-state index contributed by atoms with van der Waals surface area (Å²) >= 11 is 0. The van der Waals surface area contributed by atoms with E-state index in [1.165, 1.54) is 0 Å². The molecular weight excluding hydrogens is 298 g/mol. The molecule has 0 aliphatic heterocycles. The molecule has 134 valence electrons. The number of hydrogen-bond acceptors (Lipinski definition) is 4. The maximum Gasteiger partial charge on any atom is 0.303 e. The van der Waals surface area contributed by atoms with Gasteiger partial charge in [-0.15, -0.1) is 6.58 Å². The number of hydrogen-bond donors (Lipinski definition) is 2. The van der Waals surface area contributed by atoms with E-state index in [9.17, 15) is 19.8 Å². The molecule has 0 rings (SSSR count). The molecule has 0 aliphatic rings. The summed E-state index contributed by atoms with van der Waals surface area (Å²) in [6, 6.07) is 0. The molecule has 2 N–H and O–H groups in total. The molecule has 0 aliphatic carbocycles. The Morgan fingerprint density at radius 3 is 2.04 bits per heavy atom. The van der Waals surface area contributed by atoms with Crippen LogP contribution in [0.3, 0.4) is 0 Å². The fraction of sp³-hybridized carbons (Fsp3) is 0.765. The van der Waals surface area contributed by atoms with Gasteiger partial charge in [0.25, 0.3) is 0 Å². The van der Waals surface area contributed by atoms with Crippen LogP contribution in [0.15, 0.2) is 12.7 Å². The molecule has 0 heterocycles. The monoisotopic (exact) mass is 329 g/mol. The van der Waals surface area contributed by atoms with Crippen molar-refractivity contribution in [2.24, 2.45) is 0 Å². The molecular formula is C17H31NO5. The lowest BCUT2D eigenvalue weighted by molar-refractivity contribution is -0.945. The standard InChI is InChI=1S/C17H31NO5/c1-2-3-4-5-6-7-12-18(15-19,13-8-10-16(20)21)14-9-11-17(22)23/h2,19H,1,3-15H2,(H-,20,21,22,23). The molecule has 0 fully saturated rings. The summed E-state index contributed by atoms with van der Waals surface area (Å²) in [7, 11) is 0. The van der Waals surface area contributed by atoms with Crippen LogP contribution in [0.25, 0.3) is 0 Å². The van der Waals surface area contributed by atoms with Crippen LogP contribution in [0.2, 0.25) is 0 Å². The van der Waals surface area contributed by atoms with E-state index in [4.69, 9.17) is 5.11 Å². The molecule has 0 spiro atoms. The third kappa shape index (κ3) is 11.8. The van der Waals surface area contributed by atoms with Crippen molar-refractivity contribution in [3.63, 3.8) is 0 Å². The fourth-order valence-corrected chi connectivity index (χ4v) is 2.76. The molecule has 0 radical (unpaired) electrons. The van der Waals surface area contributed by atoms with Crippen LogP contribution >= 0.6 is 0 Å². The Bertz CT molecular complexity index is 337. The van der Waals surface area contributed by atoms with E-state index in [0.717, 1.165) is 38.6 Å². The van der Waals surface area contributed by atoms with Crippen molar-refractivity contribution in [1.29, 1.82) is 0 Å². The van der Waals surface area contributed by atoms with Gasteiger partial charge in [-0.2, -0.15) is 0 Å². The summed E-state index contributed by atoms with van der Waals surface area (Å²) in [6.07, 6.45) is 8.06. The van der Waals surface area contributed by atoms with Crippen LogP contribution in [0.4, 0.5) is 0 Å². The lowest BCUT2D eigenvalue weighted by Gasteiger charge is -2.37. The van der Waals surface area contributed by atoms with Crippen LogP contribution in [0.1, 0.15) is 57.8 Å². The Kier molecular flexibility index (Phi) is 12.3. The number of quaternary nitrogens is 1. The second-order valence-electron chi connectivity index (χ2n) is 6.12.